The van der Waals surface area contributed by atoms with Gasteiger partial charge in [0.15, 0.2) is 0 Å². The van der Waals surface area contributed by atoms with E-state index in [9.17, 15) is 14.0 Å². The molecule has 2 fully saturated rings. The van der Waals surface area contributed by atoms with Gasteiger partial charge in [-0.25, -0.2) is 4.39 Å². The van der Waals surface area contributed by atoms with Gasteiger partial charge in [0, 0.05) is 38.6 Å². The second-order valence-electron chi connectivity index (χ2n) is 7.87. The van der Waals surface area contributed by atoms with Gasteiger partial charge in [0.05, 0.1) is 25.2 Å². The Morgan fingerprint density at radius 2 is 2.00 bits per heavy atom. The molecule has 7 heteroatoms. The van der Waals surface area contributed by atoms with Crippen molar-refractivity contribution in [3.63, 3.8) is 0 Å². The maximum atomic E-state index is 13.9. The molecule has 0 aliphatic carbocycles. The Morgan fingerprint density at radius 1 is 1.21 bits per heavy atom. The maximum Gasteiger partial charge on any atom is 0.248 e. The van der Waals surface area contributed by atoms with Gasteiger partial charge in [-0.15, -0.1) is 0 Å². The number of halogens is 1. The second kappa shape index (κ2) is 9.01. The third kappa shape index (κ3) is 4.52. The molecule has 0 spiro atoms. The van der Waals surface area contributed by atoms with E-state index in [1.807, 2.05) is 29.7 Å². The first kappa shape index (κ1) is 20.7. The minimum absolute atomic E-state index is 0.00000666. The first-order valence-electron chi connectivity index (χ1n) is 9.84. The zero-order valence-electron chi connectivity index (χ0n) is 16.8. The van der Waals surface area contributed by atoms with Gasteiger partial charge >= 0.3 is 0 Å². The molecule has 0 aromatic heterocycles. The van der Waals surface area contributed by atoms with E-state index >= 15 is 0 Å². The van der Waals surface area contributed by atoms with Crippen LogP contribution in [0, 0.1) is 17.7 Å². The lowest BCUT2D eigenvalue weighted by atomic mass is 9.89. The molecule has 2 aliphatic rings. The van der Waals surface area contributed by atoms with Crippen LogP contribution in [0.25, 0.3) is 0 Å². The summed E-state index contributed by atoms with van der Waals surface area (Å²) in [5.41, 5.74) is 0.783. The van der Waals surface area contributed by atoms with Crippen LogP contribution in [-0.2, 0) is 19.1 Å². The molecule has 0 N–H and O–H groups in total. The van der Waals surface area contributed by atoms with E-state index in [1.54, 1.807) is 13.2 Å². The van der Waals surface area contributed by atoms with Crippen molar-refractivity contribution in [3.05, 3.63) is 35.6 Å². The number of likely N-dealkylation sites (tertiary alicyclic amines) is 2. The molecule has 2 amide bonds. The Hall–Kier alpha value is -1.99. The summed E-state index contributed by atoms with van der Waals surface area (Å²) in [5, 5.41) is 0. The Balaban J connectivity index is 1.77. The first-order chi connectivity index (χ1) is 13.4. The molecular weight excluding hydrogens is 363 g/mol. The number of carbonyl (C=O) groups excluding carboxylic acids is 2. The first-order valence-corrected chi connectivity index (χ1v) is 9.84. The molecule has 3 atom stereocenters. The summed E-state index contributed by atoms with van der Waals surface area (Å²) in [6.07, 6.45) is 0.298. The Morgan fingerprint density at radius 3 is 2.68 bits per heavy atom. The van der Waals surface area contributed by atoms with Crippen molar-refractivity contribution in [1.29, 1.82) is 0 Å². The van der Waals surface area contributed by atoms with Crippen molar-refractivity contribution < 1.29 is 23.5 Å². The van der Waals surface area contributed by atoms with Crippen molar-refractivity contribution in [1.82, 2.24) is 9.80 Å². The van der Waals surface area contributed by atoms with Crippen LogP contribution in [0.1, 0.15) is 31.9 Å². The van der Waals surface area contributed by atoms with Gasteiger partial charge in [-0.2, -0.15) is 0 Å². The summed E-state index contributed by atoms with van der Waals surface area (Å²) in [5.74, 6) is -0.0644. The quantitative estimate of drug-likeness (QED) is 0.714. The molecule has 2 heterocycles. The Labute approximate surface area is 165 Å². The smallest absolute Gasteiger partial charge is 0.248 e. The largest absolute Gasteiger partial charge is 0.384 e. The molecule has 1 aromatic rings. The van der Waals surface area contributed by atoms with E-state index in [0.717, 1.165) is 5.56 Å². The lowest BCUT2D eigenvalue weighted by Gasteiger charge is -2.30. The van der Waals surface area contributed by atoms with E-state index in [1.165, 1.54) is 12.1 Å². The molecule has 6 nitrogen and oxygen atoms in total. The topological polar surface area (TPSA) is 59.1 Å². The van der Waals surface area contributed by atoms with E-state index in [-0.39, 0.29) is 48.2 Å². The number of methoxy groups -OCH3 is 1. The molecular formula is C21H29FN2O4. The van der Waals surface area contributed by atoms with Gasteiger partial charge in [0.25, 0.3) is 0 Å². The molecule has 3 rings (SSSR count). The number of ether oxygens (including phenoxy) is 2. The number of benzene rings is 1. The monoisotopic (exact) mass is 392 g/mol. The number of hydrogen-bond donors (Lipinski definition) is 0. The number of carbonyl (C=O) groups is 2. The Bertz CT molecular complexity index is 711. The predicted molar refractivity (Wildman–Crippen MR) is 102 cm³/mol. The van der Waals surface area contributed by atoms with Gasteiger partial charge in [-0.05, 0) is 31.5 Å². The average Bonchev–Trinajstić information content (AvgIpc) is 3.22. The number of nitrogens with zero attached hydrogens (tertiary/aromatic N) is 2. The third-order valence-electron chi connectivity index (χ3n) is 5.59. The molecule has 154 valence electrons. The second-order valence-corrected chi connectivity index (χ2v) is 7.87. The molecule has 0 radical (unpaired) electrons. The third-order valence-corrected chi connectivity index (χ3v) is 5.59. The fourth-order valence-corrected chi connectivity index (χ4v) is 4.29. The van der Waals surface area contributed by atoms with Crippen molar-refractivity contribution in [3.8, 4) is 0 Å². The fourth-order valence-electron chi connectivity index (χ4n) is 4.29. The van der Waals surface area contributed by atoms with Crippen LogP contribution in [0.5, 0.6) is 0 Å². The summed E-state index contributed by atoms with van der Waals surface area (Å²) in [6.45, 7) is 5.95. The lowest BCUT2D eigenvalue weighted by molar-refractivity contribution is -0.137. The number of rotatable bonds is 7. The van der Waals surface area contributed by atoms with Crippen LogP contribution in [-0.4, -0.2) is 67.7 Å². The summed E-state index contributed by atoms with van der Waals surface area (Å²) in [7, 11) is 1.57. The van der Waals surface area contributed by atoms with Gasteiger partial charge < -0.3 is 19.3 Å². The van der Waals surface area contributed by atoms with Gasteiger partial charge in [0.2, 0.25) is 11.8 Å². The molecule has 2 saturated heterocycles. The normalized spacial score (nSPS) is 24.1. The number of amides is 2. The highest BCUT2D eigenvalue weighted by molar-refractivity contribution is 5.79. The van der Waals surface area contributed by atoms with E-state index < -0.39 is 0 Å². The molecule has 1 aromatic carbocycles. The van der Waals surface area contributed by atoms with Crippen LogP contribution >= 0.6 is 0 Å². The van der Waals surface area contributed by atoms with Crippen molar-refractivity contribution in [2.75, 3.05) is 40.0 Å². The lowest BCUT2D eigenvalue weighted by Crippen LogP contribution is -2.39. The van der Waals surface area contributed by atoms with E-state index in [0.29, 0.717) is 32.7 Å². The van der Waals surface area contributed by atoms with Crippen molar-refractivity contribution >= 4 is 11.8 Å². The SMILES string of the molecule is COCCC(=O)N1C[C@@H]2CN(C(=O)COC(C)C)C[C@@H]2[C@H]1c1cccc(F)c1. The molecule has 0 bridgehead atoms. The molecule has 28 heavy (non-hydrogen) atoms. The molecule has 2 aliphatic heterocycles. The number of fused-ring (bicyclic) bond motifs is 1. The summed E-state index contributed by atoms with van der Waals surface area (Å²) < 4.78 is 24.4. The molecule has 0 unspecified atom stereocenters. The predicted octanol–water partition coefficient (Wildman–Crippen LogP) is 2.25. The van der Waals surface area contributed by atoms with Crippen LogP contribution in [0.4, 0.5) is 4.39 Å². The highest BCUT2D eigenvalue weighted by Crippen LogP contribution is 2.45. The zero-order valence-corrected chi connectivity index (χ0v) is 16.8. The zero-order chi connectivity index (χ0) is 20.3. The van der Waals surface area contributed by atoms with Crippen LogP contribution in [0.15, 0.2) is 24.3 Å². The Kier molecular flexibility index (Phi) is 6.67. The maximum absolute atomic E-state index is 13.9. The highest BCUT2D eigenvalue weighted by Gasteiger charge is 2.49. The highest BCUT2D eigenvalue weighted by atomic mass is 19.1. The van der Waals surface area contributed by atoms with Crippen molar-refractivity contribution in [2.45, 2.75) is 32.4 Å². The standard InChI is InChI=1S/C21H29FN2O4/c1-14(2)28-13-20(26)23-10-16-11-24(19(25)7-8-27-3)21(18(16)12-23)15-5-4-6-17(22)9-15/h4-6,9,14,16,18,21H,7-8,10-13H2,1-3H3/t16-,18-,21+/m0/s1. The average molecular weight is 392 g/mol. The van der Waals surface area contributed by atoms with E-state index in [2.05, 4.69) is 0 Å². The van der Waals surface area contributed by atoms with Gasteiger partial charge in [0.1, 0.15) is 12.4 Å². The fraction of sp³-hybridized carbons (Fsp3) is 0.619. The minimum atomic E-state index is -0.318. The van der Waals surface area contributed by atoms with Crippen LogP contribution in [0.2, 0.25) is 0 Å². The summed E-state index contributed by atoms with van der Waals surface area (Å²) in [6, 6.07) is 6.20. The van der Waals surface area contributed by atoms with Gasteiger partial charge in [-0.3, -0.25) is 9.59 Å². The van der Waals surface area contributed by atoms with Crippen LogP contribution < -0.4 is 0 Å². The van der Waals surface area contributed by atoms with Crippen LogP contribution in [0.3, 0.4) is 0 Å². The molecule has 0 saturated carbocycles. The minimum Gasteiger partial charge on any atom is -0.384 e. The number of hydrogen-bond acceptors (Lipinski definition) is 4. The van der Waals surface area contributed by atoms with Gasteiger partial charge in [-0.1, -0.05) is 12.1 Å². The summed E-state index contributed by atoms with van der Waals surface area (Å²) >= 11 is 0. The van der Waals surface area contributed by atoms with E-state index in [4.69, 9.17) is 9.47 Å². The summed E-state index contributed by atoms with van der Waals surface area (Å²) in [4.78, 5) is 28.9. The van der Waals surface area contributed by atoms with Crippen molar-refractivity contribution in [2.24, 2.45) is 11.8 Å².